The normalized spacial score (nSPS) is 33.2. The van der Waals surface area contributed by atoms with Gasteiger partial charge in [0.1, 0.15) is 0 Å². The van der Waals surface area contributed by atoms with E-state index in [4.69, 9.17) is 0 Å². The molecule has 2 amide bonds. The standard InChI is InChI=1S/C18H18BrNO2/c1-11-14-6-7-15(18(14)8-9-18)16(11)17(22)20(10-21)13-4-2-12(19)3-5-13/h2-7,10-11,14-16H,8-9H2,1H3/t11-,14+,15+,16+/m0/s1. The molecule has 1 spiro atoms. The summed E-state index contributed by atoms with van der Waals surface area (Å²) < 4.78 is 0.933. The molecular formula is C18H18BrNO2. The van der Waals surface area contributed by atoms with Crippen LogP contribution in [0.4, 0.5) is 5.69 Å². The molecule has 2 saturated carbocycles. The minimum absolute atomic E-state index is 0.0482. The van der Waals surface area contributed by atoms with Crippen LogP contribution in [0.1, 0.15) is 19.8 Å². The van der Waals surface area contributed by atoms with Crippen LogP contribution in [0.5, 0.6) is 0 Å². The summed E-state index contributed by atoms with van der Waals surface area (Å²) in [6.07, 6.45) is 7.64. The van der Waals surface area contributed by atoms with Crippen molar-refractivity contribution in [1.29, 1.82) is 0 Å². The molecule has 4 atom stereocenters. The lowest BCUT2D eigenvalue weighted by Crippen LogP contribution is -2.39. The van der Waals surface area contributed by atoms with Crippen LogP contribution in [0.15, 0.2) is 40.9 Å². The number of rotatable bonds is 3. The van der Waals surface area contributed by atoms with Gasteiger partial charge in [-0.25, -0.2) is 0 Å². The van der Waals surface area contributed by atoms with Gasteiger partial charge < -0.3 is 0 Å². The van der Waals surface area contributed by atoms with Crippen LogP contribution < -0.4 is 4.90 Å². The van der Waals surface area contributed by atoms with Gasteiger partial charge in [0, 0.05) is 10.4 Å². The summed E-state index contributed by atoms with van der Waals surface area (Å²) in [5.41, 5.74) is 0.987. The lowest BCUT2D eigenvalue weighted by Gasteiger charge is -2.27. The highest BCUT2D eigenvalue weighted by atomic mass is 79.9. The topological polar surface area (TPSA) is 37.4 Å². The number of imide groups is 1. The van der Waals surface area contributed by atoms with E-state index in [1.54, 1.807) is 12.1 Å². The minimum atomic E-state index is -0.0636. The number of benzene rings is 1. The lowest BCUT2D eigenvalue weighted by molar-refractivity contribution is -0.126. The van der Waals surface area contributed by atoms with Gasteiger partial charge in [0.15, 0.2) is 0 Å². The Kier molecular flexibility index (Phi) is 3.09. The van der Waals surface area contributed by atoms with E-state index in [0.717, 1.165) is 4.47 Å². The van der Waals surface area contributed by atoms with Gasteiger partial charge in [0.2, 0.25) is 12.3 Å². The molecule has 1 aromatic rings. The van der Waals surface area contributed by atoms with Crippen LogP contribution in [0.3, 0.4) is 0 Å². The number of hydrogen-bond acceptors (Lipinski definition) is 2. The van der Waals surface area contributed by atoms with E-state index < -0.39 is 0 Å². The van der Waals surface area contributed by atoms with E-state index in [2.05, 4.69) is 35.0 Å². The third kappa shape index (κ3) is 1.79. The number of hydrogen-bond donors (Lipinski definition) is 0. The molecule has 0 N–H and O–H groups in total. The molecule has 4 heteroatoms. The van der Waals surface area contributed by atoms with Crippen molar-refractivity contribution >= 4 is 33.9 Å². The Balaban J connectivity index is 1.64. The average Bonchev–Trinajstić information content (AvgIpc) is 3.17. The van der Waals surface area contributed by atoms with Gasteiger partial charge in [-0.2, -0.15) is 0 Å². The van der Waals surface area contributed by atoms with Crippen LogP contribution in [-0.4, -0.2) is 12.3 Å². The monoisotopic (exact) mass is 359 g/mol. The molecule has 114 valence electrons. The molecule has 22 heavy (non-hydrogen) atoms. The van der Waals surface area contributed by atoms with E-state index in [-0.39, 0.29) is 11.8 Å². The minimum Gasteiger partial charge on any atom is -0.278 e. The second-order valence-electron chi connectivity index (χ2n) is 6.84. The van der Waals surface area contributed by atoms with Crippen molar-refractivity contribution in [3.63, 3.8) is 0 Å². The molecule has 3 aliphatic rings. The molecule has 0 radical (unpaired) electrons. The number of nitrogens with zero attached hydrogens (tertiary/aromatic N) is 1. The van der Waals surface area contributed by atoms with Crippen LogP contribution in [0.2, 0.25) is 0 Å². The highest BCUT2D eigenvalue weighted by molar-refractivity contribution is 9.10. The lowest BCUT2D eigenvalue weighted by atomic mass is 9.83. The van der Waals surface area contributed by atoms with Gasteiger partial charge in [-0.05, 0) is 60.3 Å². The number of carbonyl (C=O) groups is 2. The third-order valence-electron chi connectivity index (χ3n) is 5.93. The fraction of sp³-hybridized carbons (Fsp3) is 0.444. The summed E-state index contributed by atoms with van der Waals surface area (Å²) in [6, 6.07) is 7.31. The van der Waals surface area contributed by atoms with E-state index in [0.29, 0.717) is 35.3 Å². The van der Waals surface area contributed by atoms with Crippen molar-refractivity contribution in [2.45, 2.75) is 19.8 Å². The molecule has 3 nitrogen and oxygen atoms in total. The molecule has 0 aliphatic heterocycles. The fourth-order valence-electron chi connectivity index (χ4n) is 4.76. The average molecular weight is 360 g/mol. The quantitative estimate of drug-likeness (QED) is 0.608. The van der Waals surface area contributed by atoms with Gasteiger partial charge in [-0.3, -0.25) is 14.5 Å². The first kappa shape index (κ1) is 14.2. The maximum absolute atomic E-state index is 13.0. The molecule has 3 aliphatic carbocycles. The van der Waals surface area contributed by atoms with Gasteiger partial charge in [0.25, 0.3) is 0 Å². The van der Waals surface area contributed by atoms with E-state index >= 15 is 0 Å². The van der Waals surface area contributed by atoms with Gasteiger partial charge in [-0.1, -0.05) is 35.0 Å². The molecule has 2 fully saturated rings. The molecule has 0 heterocycles. The summed E-state index contributed by atoms with van der Waals surface area (Å²) in [7, 11) is 0. The van der Waals surface area contributed by atoms with E-state index in [1.807, 2.05) is 12.1 Å². The van der Waals surface area contributed by atoms with Crippen molar-refractivity contribution in [2.75, 3.05) is 4.90 Å². The number of allylic oxidation sites excluding steroid dienone is 2. The Morgan fingerprint density at radius 2 is 1.86 bits per heavy atom. The first-order chi connectivity index (χ1) is 10.6. The Hall–Kier alpha value is -1.42. The predicted octanol–water partition coefficient (Wildman–Crippen LogP) is 3.79. The zero-order chi connectivity index (χ0) is 15.5. The maximum Gasteiger partial charge on any atom is 0.237 e. The zero-order valence-electron chi connectivity index (χ0n) is 12.4. The van der Waals surface area contributed by atoms with E-state index in [9.17, 15) is 9.59 Å². The molecule has 0 saturated heterocycles. The highest BCUT2D eigenvalue weighted by Crippen LogP contribution is 2.72. The zero-order valence-corrected chi connectivity index (χ0v) is 14.0. The number of halogens is 1. The highest BCUT2D eigenvalue weighted by Gasteiger charge is 2.67. The van der Waals surface area contributed by atoms with Crippen LogP contribution >= 0.6 is 15.9 Å². The third-order valence-corrected chi connectivity index (χ3v) is 6.46. The number of anilines is 1. The van der Waals surface area contributed by atoms with E-state index in [1.165, 1.54) is 17.7 Å². The first-order valence-corrected chi connectivity index (χ1v) is 8.60. The SMILES string of the molecule is C[C@@H]1[C@@H](C(=O)N(C=O)c2ccc(Br)cc2)[C@H]2C=C[C@H]1C21CC1. The molecular weight excluding hydrogens is 342 g/mol. The second kappa shape index (κ2) is 4.79. The summed E-state index contributed by atoms with van der Waals surface area (Å²) in [4.78, 5) is 25.9. The summed E-state index contributed by atoms with van der Waals surface area (Å²) in [5.74, 6) is 1.05. The Bertz CT molecular complexity index is 662. The Labute approximate surface area is 138 Å². The van der Waals surface area contributed by atoms with Crippen molar-refractivity contribution in [3.05, 3.63) is 40.9 Å². The largest absolute Gasteiger partial charge is 0.278 e. The summed E-state index contributed by atoms with van der Waals surface area (Å²) in [6.45, 7) is 2.17. The predicted molar refractivity (Wildman–Crippen MR) is 88.1 cm³/mol. The van der Waals surface area contributed by atoms with Gasteiger partial charge in [-0.15, -0.1) is 0 Å². The van der Waals surface area contributed by atoms with Gasteiger partial charge in [0.05, 0.1) is 5.69 Å². The van der Waals surface area contributed by atoms with Crippen molar-refractivity contribution in [1.82, 2.24) is 0 Å². The molecule has 0 unspecified atom stereocenters. The van der Waals surface area contributed by atoms with Crippen molar-refractivity contribution in [2.24, 2.45) is 29.1 Å². The summed E-state index contributed by atoms with van der Waals surface area (Å²) in [5, 5.41) is 0. The molecule has 4 rings (SSSR count). The molecule has 2 bridgehead atoms. The Morgan fingerprint density at radius 1 is 1.23 bits per heavy atom. The van der Waals surface area contributed by atoms with Gasteiger partial charge >= 0.3 is 0 Å². The molecule has 1 aromatic carbocycles. The first-order valence-electron chi connectivity index (χ1n) is 7.81. The van der Waals surface area contributed by atoms with Crippen molar-refractivity contribution in [3.8, 4) is 0 Å². The number of amides is 2. The number of carbonyl (C=O) groups excluding carboxylic acids is 2. The maximum atomic E-state index is 13.0. The van der Waals surface area contributed by atoms with Crippen LogP contribution in [0.25, 0.3) is 0 Å². The van der Waals surface area contributed by atoms with Crippen LogP contribution in [0, 0.1) is 29.1 Å². The van der Waals surface area contributed by atoms with Crippen LogP contribution in [-0.2, 0) is 9.59 Å². The second-order valence-corrected chi connectivity index (χ2v) is 7.76. The smallest absolute Gasteiger partial charge is 0.237 e. The summed E-state index contributed by atoms with van der Waals surface area (Å²) >= 11 is 3.38. The Morgan fingerprint density at radius 3 is 2.41 bits per heavy atom. The molecule has 0 aromatic heterocycles. The van der Waals surface area contributed by atoms with Crippen molar-refractivity contribution < 1.29 is 9.59 Å². The fourth-order valence-corrected chi connectivity index (χ4v) is 5.03.